The maximum absolute atomic E-state index is 13.2. The standard InChI is InChI=1S/C14H9Cl2F2NO2.Na/c15-10-5-9(18)6-11(16)14(10)19-12-2-1-8(17)3-7(12)4-13(20)21;/h1-3,5-6,19H,4H2,(H,20,21);/q;+1/p-1. The summed E-state index contributed by atoms with van der Waals surface area (Å²) in [5, 5.41) is 13.5. The Labute approximate surface area is 157 Å². The molecule has 8 heteroatoms. The molecule has 0 heterocycles. The van der Waals surface area contributed by atoms with Crippen LogP contribution in [0.5, 0.6) is 0 Å². The molecule has 0 radical (unpaired) electrons. The van der Waals surface area contributed by atoms with Gasteiger partial charge in [0.15, 0.2) is 0 Å². The van der Waals surface area contributed by atoms with Crippen LogP contribution in [-0.2, 0) is 11.2 Å². The third-order valence-corrected chi connectivity index (χ3v) is 3.26. The zero-order valence-electron chi connectivity index (χ0n) is 11.4. The molecule has 2 rings (SSSR count). The molecule has 0 saturated carbocycles. The molecule has 0 amide bonds. The number of benzene rings is 2. The number of carbonyl (C=O) groups excluding carboxylic acids is 1. The van der Waals surface area contributed by atoms with E-state index in [4.69, 9.17) is 23.2 Å². The van der Waals surface area contributed by atoms with Gasteiger partial charge in [-0.2, -0.15) is 0 Å². The van der Waals surface area contributed by atoms with Crippen molar-refractivity contribution in [1.29, 1.82) is 0 Å². The summed E-state index contributed by atoms with van der Waals surface area (Å²) < 4.78 is 26.3. The SMILES string of the molecule is O=C([O-])Cc1cc(F)ccc1Nc1c(Cl)cc(F)cc1Cl.[Na+]. The summed E-state index contributed by atoms with van der Waals surface area (Å²) >= 11 is 11.8. The van der Waals surface area contributed by atoms with E-state index >= 15 is 0 Å². The number of carboxylic acid groups (broad SMARTS) is 1. The third-order valence-electron chi connectivity index (χ3n) is 2.67. The molecule has 0 aromatic heterocycles. The number of nitrogens with one attached hydrogen (secondary N) is 1. The molecule has 22 heavy (non-hydrogen) atoms. The Morgan fingerprint density at radius 1 is 1.09 bits per heavy atom. The number of hydrogen-bond acceptors (Lipinski definition) is 3. The van der Waals surface area contributed by atoms with Gasteiger partial charge in [-0.1, -0.05) is 23.2 Å². The number of aliphatic carboxylic acids is 1. The summed E-state index contributed by atoms with van der Waals surface area (Å²) in [7, 11) is 0. The van der Waals surface area contributed by atoms with Gasteiger partial charge in [0, 0.05) is 18.1 Å². The first-order valence-corrected chi connectivity index (χ1v) is 6.52. The minimum atomic E-state index is -1.36. The summed E-state index contributed by atoms with van der Waals surface area (Å²) in [6.07, 6.45) is -0.490. The summed E-state index contributed by atoms with van der Waals surface area (Å²) in [6.45, 7) is 0. The molecule has 0 unspecified atom stereocenters. The number of carbonyl (C=O) groups is 1. The zero-order chi connectivity index (χ0) is 15.6. The topological polar surface area (TPSA) is 52.2 Å². The summed E-state index contributed by atoms with van der Waals surface area (Å²) in [6, 6.07) is 5.65. The summed E-state index contributed by atoms with van der Waals surface area (Å²) in [5.41, 5.74) is 0.647. The Kier molecular flexibility index (Phi) is 7.09. The molecule has 110 valence electrons. The van der Waals surface area contributed by atoms with Crippen molar-refractivity contribution in [2.24, 2.45) is 0 Å². The molecule has 0 aliphatic carbocycles. The van der Waals surface area contributed by atoms with Crippen LogP contribution in [0.3, 0.4) is 0 Å². The van der Waals surface area contributed by atoms with Gasteiger partial charge in [-0.05, 0) is 35.9 Å². The van der Waals surface area contributed by atoms with Crippen LogP contribution in [0.1, 0.15) is 5.56 Å². The predicted molar refractivity (Wildman–Crippen MR) is 74.8 cm³/mol. The van der Waals surface area contributed by atoms with E-state index in [9.17, 15) is 18.7 Å². The van der Waals surface area contributed by atoms with Crippen molar-refractivity contribution < 1.29 is 48.2 Å². The second-order valence-electron chi connectivity index (χ2n) is 4.22. The van der Waals surface area contributed by atoms with Gasteiger partial charge in [0.05, 0.1) is 15.7 Å². The fourth-order valence-corrected chi connectivity index (χ4v) is 2.34. The normalized spacial score (nSPS) is 10.0. The molecular formula is C14H8Cl2F2NNaO2. The van der Waals surface area contributed by atoms with Crippen LogP contribution < -0.4 is 40.0 Å². The molecule has 0 bridgehead atoms. The second-order valence-corrected chi connectivity index (χ2v) is 5.03. The van der Waals surface area contributed by atoms with Crippen molar-refractivity contribution in [3.8, 4) is 0 Å². The van der Waals surface area contributed by atoms with E-state index in [-0.39, 0.29) is 56.5 Å². The number of halogens is 4. The number of carboxylic acids is 1. The van der Waals surface area contributed by atoms with Gasteiger partial charge >= 0.3 is 29.6 Å². The van der Waals surface area contributed by atoms with E-state index in [0.717, 1.165) is 24.3 Å². The first-order chi connectivity index (χ1) is 9.86. The van der Waals surface area contributed by atoms with E-state index in [1.165, 1.54) is 6.07 Å². The Morgan fingerprint density at radius 2 is 1.68 bits per heavy atom. The van der Waals surface area contributed by atoms with Gasteiger partial charge in [0.1, 0.15) is 11.6 Å². The number of hydrogen-bond donors (Lipinski definition) is 1. The Morgan fingerprint density at radius 3 is 2.23 bits per heavy atom. The average molecular weight is 354 g/mol. The molecule has 0 atom stereocenters. The van der Waals surface area contributed by atoms with Crippen LogP contribution in [0, 0.1) is 11.6 Å². The molecular weight excluding hydrogens is 346 g/mol. The van der Waals surface area contributed by atoms with Crippen LogP contribution in [0.25, 0.3) is 0 Å². The maximum atomic E-state index is 13.2. The second kappa shape index (κ2) is 8.13. The molecule has 0 aliphatic rings. The van der Waals surface area contributed by atoms with E-state index < -0.39 is 24.0 Å². The third kappa shape index (κ3) is 4.83. The van der Waals surface area contributed by atoms with E-state index in [1.54, 1.807) is 0 Å². The fourth-order valence-electron chi connectivity index (χ4n) is 1.78. The molecule has 0 saturated heterocycles. The van der Waals surface area contributed by atoms with Crippen molar-refractivity contribution in [1.82, 2.24) is 0 Å². The van der Waals surface area contributed by atoms with Crippen molar-refractivity contribution >= 4 is 40.5 Å². The average Bonchev–Trinajstić information content (AvgIpc) is 2.35. The number of rotatable bonds is 4. The quantitative estimate of drug-likeness (QED) is 0.805. The van der Waals surface area contributed by atoms with Gasteiger partial charge in [-0.15, -0.1) is 0 Å². The molecule has 2 aromatic carbocycles. The largest absolute Gasteiger partial charge is 1.00 e. The molecule has 0 fully saturated rings. The minimum absolute atomic E-state index is 0. The van der Waals surface area contributed by atoms with E-state index in [2.05, 4.69) is 5.32 Å². The predicted octanol–water partition coefficient (Wildman–Crippen LogP) is 0.312. The van der Waals surface area contributed by atoms with Crippen LogP contribution >= 0.6 is 23.2 Å². The van der Waals surface area contributed by atoms with Gasteiger partial charge in [0.2, 0.25) is 0 Å². The Bertz CT molecular complexity index is 690. The van der Waals surface area contributed by atoms with Crippen molar-refractivity contribution in [3.05, 3.63) is 57.6 Å². The molecule has 1 N–H and O–H groups in total. The van der Waals surface area contributed by atoms with Crippen LogP contribution in [-0.4, -0.2) is 5.97 Å². The van der Waals surface area contributed by atoms with Crippen molar-refractivity contribution in [2.75, 3.05) is 5.32 Å². The van der Waals surface area contributed by atoms with Crippen molar-refractivity contribution in [2.45, 2.75) is 6.42 Å². The monoisotopic (exact) mass is 353 g/mol. The minimum Gasteiger partial charge on any atom is -0.550 e. The Balaban J connectivity index is 0.00000242. The van der Waals surface area contributed by atoms with Gasteiger partial charge < -0.3 is 15.2 Å². The van der Waals surface area contributed by atoms with Gasteiger partial charge in [-0.3, -0.25) is 0 Å². The summed E-state index contributed by atoms with van der Waals surface area (Å²) in [5.74, 6) is -2.56. The fraction of sp³-hybridized carbons (Fsp3) is 0.0714. The first-order valence-electron chi connectivity index (χ1n) is 5.76. The van der Waals surface area contributed by atoms with E-state index in [1.807, 2.05) is 0 Å². The molecule has 3 nitrogen and oxygen atoms in total. The van der Waals surface area contributed by atoms with Gasteiger partial charge in [-0.25, -0.2) is 8.78 Å². The van der Waals surface area contributed by atoms with Crippen LogP contribution in [0.2, 0.25) is 10.0 Å². The van der Waals surface area contributed by atoms with Crippen molar-refractivity contribution in [3.63, 3.8) is 0 Å². The zero-order valence-corrected chi connectivity index (χ0v) is 14.9. The number of anilines is 2. The molecule has 2 aromatic rings. The molecule has 0 aliphatic heterocycles. The Hall–Kier alpha value is -0.850. The first kappa shape index (κ1) is 19.2. The van der Waals surface area contributed by atoms with Crippen LogP contribution in [0.15, 0.2) is 30.3 Å². The molecule has 0 spiro atoms. The van der Waals surface area contributed by atoms with Gasteiger partial charge in [0.25, 0.3) is 0 Å². The maximum Gasteiger partial charge on any atom is 1.00 e. The smallest absolute Gasteiger partial charge is 0.550 e. The summed E-state index contributed by atoms with van der Waals surface area (Å²) in [4.78, 5) is 10.7. The van der Waals surface area contributed by atoms with Crippen LogP contribution in [0.4, 0.5) is 20.2 Å². The van der Waals surface area contributed by atoms with E-state index in [0.29, 0.717) is 0 Å².